The molecule has 0 saturated carbocycles. The standard InChI is InChI=1S/C38H33BrN4/c1-21-7-9-25(10-8-21)35-27-12-11-26(40-27)19-33-38(5,6)20-32(43-33)37(39)31-16-15-30(42-31)36(29-14-13-28(35)41-29)34-23(3)17-22(2)18-24(34)4/h7-19H,20H2,1-6H3. The minimum Gasteiger partial charge on any atom is -0.256 e. The molecule has 0 N–H and O–H groups in total. The number of fused-ring (bicyclic) bond motifs is 4. The molecule has 0 fully saturated rings. The van der Waals surface area contributed by atoms with Gasteiger partial charge in [-0.1, -0.05) is 61.4 Å². The van der Waals surface area contributed by atoms with Gasteiger partial charge in [-0.2, -0.15) is 0 Å². The highest BCUT2D eigenvalue weighted by atomic mass is 79.9. The molecule has 212 valence electrons. The van der Waals surface area contributed by atoms with E-state index in [2.05, 4.69) is 136 Å². The topological polar surface area (TPSA) is 49.4 Å². The van der Waals surface area contributed by atoms with Crippen LogP contribution in [-0.4, -0.2) is 22.8 Å². The molecule has 0 amide bonds. The molecular weight excluding hydrogens is 592 g/mol. The van der Waals surface area contributed by atoms with E-state index in [9.17, 15) is 0 Å². The highest BCUT2D eigenvalue weighted by Gasteiger charge is 2.34. The Morgan fingerprint density at radius 1 is 0.651 bits per heavy atom. The Balaban J connectivity index is 1.55. The molecule has 7 rings (SSSR count). The Morgan fingerprint density at radius 3 is 1.98 bits per heavy atom. The van der Waals surface area contributed by atoms with Crippen molar-refractivity contribution in [2.45, 2.75) is 48.0 Å². The number of nitrogens with zero attached hydrogens (tertiary/aromatic N) is 4. The molecule has 0 spiro atoms. The molecule has 0 unspecified atom stereocenters. The van der Waals surface area contributed by atoms with Crippen LogP contribution in [0.15, 0.2) is 126 Å². The summed E-state index contributed by atoms with van der Waals surface area (Å²) in [6.07, 6.45) is 15.6. The molecular formula is C38H33BrN4. The van der Waals surface area contributed by atoms with Crippen LogP contribution in [0.1, 0.15) is 53.6 Å². The molecule has 5 heterocycles. The second-order valence-corrected chi connectivity index (χ2v) is 13.3. The van der Waals surface area contributed by atoms with E-state index in [0.717, 1.165) is 73.2 Å². The van der Waals surface area contributed by atoms with Gasteiger partial charge in [-0.3, -0.25) is 4.99 Å². The zero-order chi connectivity index (χ0) is 30.0. The maximum atomic E-state index is 5.32. The average molecular weight is 626 g/mol. The second kappa shape index (κ2) is 10.2. The first kappa shape index (κ1) is 27.6. The number of hydrogen-bond donors (Lipinski definition) is 0. The summed E-state index contributed by atoms with van der Waals surface area (Å²) in [6, 6.07) is 13.1. The molecule has 0 aromatic heterocycles. The minimum absolute atomic E-state index is 0.129. The zero-order valence-corrected chi connectivity index (χ0v) is 27.0. The van der Waals surface area contributed by atoms with Crippen LogP contribution in [0.25, 0.3) is 11.1 Å². The van der Waals surface area contributed by atoms with Crippen molar-refractivity contribution in [3.8, 4) is 0 Å². The lowest BCUT2D eigenvalue weighted by atomic mass is 9.85. The lowest BCUT2D eigenvalue weighted by Gasteiger charge is -2.17. The van der Waals surface area contributed by atoms with Gasteiger partial charge in [0.05, 0.1) is 44.4 Å². The lowest BCUT2D eigenvalue weighted by molar-refractivity contribution is 0.543. The molecule has 2 aromatic rings. The predicted octanol–water partition coefficient (Wildman–Crippen LogP) is 9.45. The molecule has 4 nitrogen and oxygen atoms in total. The van der Waals surface area contributed by atoms with Crippen molar-refractivity contribution >= 4 is 49.9 Å². The van der Waals surface area contributed by atoms with Gasteiger partial charge in [0.2, 0.25) is 0 Å². The Bertz CT molecular complexity index is 1950. The quantitative estimate of drug-likeness (QED) is 0.319. The van der Waals surface area contributed by atoms with E-state index in [1.165, 1.54) is 27.8 Å². The van der Waals surface area contributed by atoms with Crippen molar-refractivity contribution in [3.63, 3.8) is 0 Å². The summed E-state index contributed by atoms with van der Waals surface area (Å²) in [4.78, 5) is 20.8. The van der Waals surface area contributed by atoms with Crippen molar-refractivity contribution in [2.24, 2.45) is 25.4 Å². The maximum absolute atomic E-state index is 5.32. The fourth-order valence-electron chi connectivity index (χ4n) is 6.46. The third-order valence-electron chi connectivity index (χ3n) is 8.55. The Morgan fingerprint density at radius 2 is 1.26 bits per heavy atom. The molecule has 5 heteroatoms. The van der Waals surface area contributed by atoms with Gasteiger partial charge in [0, 0.05) is 28.7 Å². The fraction of sp³-hybridized carbons (Fsp3) is 0.211. The van der Waals surface area contributed by atoms with Crippen LogP contribution >= 0.6 is 15.9 Å². The summed E-state index contributed by atoms with van der Waals surface area (Å²) < 4.78 is 0.932. The van der Waals surface area contributed by atoms with Crippen LogP contribution in [0.2, 0.25) is 0 Å². The molecule has 5 aliphatic rings. The van der Waals surface area contributed by atoms with Crippen LogP contribution in [0, 0.1) is 33.1 Å². The van der Waals surface area contributed by atoms with E-state index in [1.807, 2.05) is 0 Å². The number of benzene rings is 2. The normalized spacial score (nSPS) is 20.2. The second-order valence-electron chi connectivity index (χ2n) is 12.5. The van der Waals surface area contributed by atoms with Crippen LogP contribution in [0.4, 0.5) is 0 Å². The summed E-state index contributed by atoms with van der Waals surface area (Å²) in [7, 11) is 0. The summed E-state index contributed by atoms with van der Waals surface area (Å²) >= 11 is 3.89. The molecule has 8 bridgehead atoms. The van der Waals surface area contributed by atoms with Gasteiger partial charge in [0.1, 0.15) is 0 Å². The lowest BCUT2D eigenvalue weighted by Crippen LogP contribution is -2.17. The Labute approximate surface area is 262 Å². The van der Waals surface area contributed by atoms with Crippen molar-refractivity contribution in [3.05, 3.63) is 140 Å². The fourth-order valence-corrected chi connectivity index (χ4v) is 6.91. The first-order chi connectivity index (χ1) is 20.6. The number of halogens is 1. The molecule has 43 heavy (non-hydrogen) atoms. The van der Waals surface area contributed by atoms with Crippen LogP contribution in [-0.2, 0) is 0 Å². The van der Waals surface area contributed by atoms with Gasteiger partial charge in [-0.25, -0.2) is 15.0 Å². The first-order valence-electron chi connectivity index (χ1n) is 14.7. The van der Waals surface area contributed by atoms with Gasteiger partial charge in [-0.15, -0.1) is 0 Å². The third kappa shape index (κ3) is 4.86. The van der Waals surface area contributed by atoms with Crippen molar-refractivity contribution in [2.75, 3.05) is 0 Å². The van der Waals surface area contributed by atoms with E-state index in [4.69, 9.17) is 20.0 Å². The summed E-state index contributed by atoms with van der Waals surface area (Å²) in [6.45, 7) is 13.1. The van der Waals surface area contributed by atoms with Gasteiger partial charge < -0.3 is 0 Å². The van der Waals surface area contributed by atoms with Crippen molar-refractivity contribution < 1.29 is 0 Å². The smallest absolute Gasteiger partial charge is 0.0798 e. The monoisotopic (exact) mass is 624 g/mol. The van der Waals surface area contributed by atoms with Gasteiger partial charge in [0.25, 0.3) is 0 Å². The number of allylic oxidation sites excluding steroid dienone is 11. The van der Waals surface area contributed by atoms with E-state index in [1.54, 1.807) is 0 Å². The number of aliphatic imine (C=N–C) groups is 4. The summed E-state index contributed by atoms with van der Waals surface area (Å²) in [5, 5.41) is 0. The maximum Gasteiger partial charge on any atom is 0.0798 e. The first-order valence-corrected chi connectivity index (χ1v) is 15.5. The van der Waals surface area contributed by atoms with E-state index in [-0.39, 0.29) is 5.41 Å². The van der Waals surface area contributed by atoms with Crippen molar-refractivity contribution in [1.82, 2.24) is 0 Å². The van der Waals surface area contributed by atoms with Gasteiger partial charge in [0.15, 0.2) is 0 Å². The zero-order valence-electron chi connectivity index (χ0n) is 25.4. The largest absolute Gasteiger partial charge is 0.256 e. The predicted molar refractivity (Wildman–Crippen MR) is 185 cm³/mol. The summed E-state index contributed by atoms with van der Waals surface area (Å²) in [5.74, 6) is 0. The molecule has 0 aliphatic carbocycles. The number of aryl methyl sites for hydroxylation is 4. The molecule has 0 saturated heterocycles. The van der Waals surface area contributed by atoms with Crippen molar-refractivity contribution in [1.29, 1.82) is 0 Å². The molecule has 2 aromatic carbocycles. The summed E-state index contributed by atoms with van der Waals surface area (Å²) in [5.41, 5.74) is 16.5. The minimum atomic E-state index is -0.129. The van der Waals surface area contributed by atoms with Gasteiger partial charge >= 0.3 is 0 Å². The molecule has 0 radical (unpaired) electrons. The van der Waals surface area contributed by atoms with Crippen LogP contribution < -0.4 is 0 Å². The third-order valence-corrected chi connectivity index (χ3v) is 9.42. The Kier molecular flexibility index (Phi) is 6.55. The van der Waals surface area contributed by atoms with E-state index < -0.39 is 0 Å². The van der Waals surface area contributed by atoms with Crippen LogP contribution in [0.5, 0.6) is 0 Å². The number of rotatable bonds is 2. The molecule has 5 aliphatic heterocycles. The Hall–Kier alpha value is -4.22. The van der Waals surface area contributed by atoms with Gasteiger partial charge in [-0.05, 0) is 108 Å². The van der Waals surface area contributed by atoms with E-state index in [0.29, 0.717) is 0 Å². The molecule has 0 atom stereocenters. The average Bonchev–Trinajstić information content (AvgIpc) is 3.75. The number of hydrogen-bond acceptors (Lipinski definition) is 4. The SMILES string of the molecule is Cc1ccc(C2=C3C=CC(=N3)C(c3c(C)cc(C)cc3C)=C3C=CC(=N3)C(Br)=C3CC(C)(C)C(=N3)C=C3C=CC2=N3)cc1. The van der Waals surface area contributed by atoms with Crippen LogP contribution in [0.3, 0.4) is 0 Å². The highest BCUT2D eigenvalue weighted by Crippen LogP contribution is 2.41. The highest BCUT2D eigenvalue weighted by molar-refractivity contribution is 9.12. The van der Waals surface area contributed by atoms with E-state index >= 15 is 0 Å².